The number of hydrogen-bond donors (Lipinski definition) is 3. The Labute approximate surface area is 159 Å². The second-order valence-electron chi connectivity index (χ2n) is 6.21. The summed E-state index contributed by atoms with van der Waals surface area (Å²) in [5.41, 5.74) is 2.56. The van der Waals surface area contributed by atoms with Crippen molar-refractivity contribution < 1.29 is 9.59 Å². The number of nitrogens with one attached hydrogen (secondary N) is 3. The molecule has 0 spiro atoms. The molecule has 0 aliphatic carbocycles. The van der Waals surface area contributed by atoms with E-state index in [-0.39, 0.29) is 22.8 Å². The van der Waals surface area contributed by atoms with E-state index in [1.807, 2.05) is 44.2 Å². The minimum absolute atomic E-state index is 0.0353. The summed E-state index contributed by atoms with van der Waals surface area (Å²) in [7, 11) is 0. The highest BCUT2D eigenvalue weighted by molar-refractivity contribution is 7.80. The monoisotopic (exact) mass is 369 g/mol. The van der Waals surface area contributed by atoms with Crippen molar-refractivity contribution in [2.75, 3.05) is 10.6 Å². The molecule has 0 bridgehead atoms. The summed E-state index contributed by atoms with van der Waals surface area (Å²) in [5.74, 6) is -0.245. The van der Waals surface area contributed by atoms with Crippen molar-refractivity contribution in [2.24, 2.45) is 5.92 Å². The molecule has 0 saturated heterocycles. The van der Waals surface area contributed by atoms with Crippen LogP contribution in [0.1, 0.15) is 25.8 Å². The summed E-state index contributed by atoms with van der Waals surface area (Å²) in [4.78, 5) is 23.6. The van der Waals surface area contributed by atoms with Crippen LogP contribution in [0.3, 0.4) is 0 Å². The molecular weight excluding hydrogens is 346 g/mol. The maximum Gasteiger partial charge on any atom is 0.226 e. The molecule has 26 heavy (non-hydrogen) atoms. The molecule has 136 valence electrons. The van der Waals surface area contributed by atoms with Gasteiger partial charge in [0.2, 0.25) is 11.8 Å². The molecule has 6 heteroatoms. The normalized spacial score (nSPS) is 10.3. The smallest absolute Gasteiger partial charge is 0.226 e. The van der Waals surface area contributed by atoms with Crippen LogP contribution in [-0.2, 0) is 16.0 Å². The van der Waals surface area contributed by atoms with E-state index in [9.17, 15) is 9.59 Å². The van der Waals surface area contributed by atoms with E-state index in [2.05, 4.69) is 16.0 Å². The quantitative estimate of drug-likeness (QED) is 0.679. The third-order valence-electron chi connectivity index (χ3n) is 3.67. The van der Waals surface area contributed by atoms with Crippen molar-refractivity contribution in [2.45, 2.75) is 26.7 Å². The average Bonchev–Trinajstić information content (AvgIpc) is 2.62. The maximum absolute atomic E-state index is 12.0. The van der Waals surface area contributed by atoms with E-state index in [0.29, 0.717) is 18.5 Å². The van der Waals surface area contributed by atoms with E-state index in [1.165, 1.54) is 0 Å². The molecule has 0 aromatic heterocycles. The van der Waals surface area contributed by atoms with Gasteiger partial charge in [0.05, 0.1) is 0 Å². The molecule has 3 N–H and O–H groups in total. The largest absolute Gasteiger partial charge is 0.332 e. The van der Waals surface area contributed by atoms with Crippen LogP contribution in [0, 0.1) is 5.92 Å². The first-order valence-electron chi connectivity index (χ1n) is 8.49. The van der Waals surface area contributed by atoms with Gasteiger partial charge < -0.3 is 16.0 Å². The number of aryl methyl sites for hydroxylation is 1. The number of amides is 2. The van der Waals surface area contributed by atoms with Gasteiger partial charge in [-0.3, -0.25) is 9.59 Å². The lowest BCUT2D eigenvalue weighted by Gasteiger charge is -2.11. The number of anilines is 2. The van der Waals surface area contributed by atoms with Crippen molar-refractivity contribution in [3.8, 4) is 0 Å². The fourth-order valence-electron chi connectivity index (χ4n) is 2.18. The first-order valence-corrected chi connectivity index (χ1v) is 8.90. The zero-order chi connectivity index (χ0) is 18.9. The summed E-state index contributed by atoms with van der Waals surface area (Å²) in [5, 5.41) is 8.70. The van der Waals surface area contributed by atoms with Gasteiger partial charge in [0.15, 0.2) is 5.11 Å². The van der Waals surface area contributed by atoms with Crippen LogP contribution in [0.5, 0.6) is 0 Å². The van der Waals surface area contributed by atoms with Crippen LogP contribution in [0.15, 0.2) is 54.6 Å². The van der Waals surface area contributed by atoms with Crippen LogP contribution in [0.2, 0.25) is 0 Å². The molecule has 0 unspecified atom stereocenters. The molecule has 0 heterocycles. The van der Waals surface area contributed by atoms with Crippen molar-refractivity contribution in [3.05, 3.63) is 60.2 Å². The Bertz CT molecular complexity index is 758. The molecule has 2 rings (SSSR count). The summed E-state index contributed by atoms with van der Waals surface area (Å²) >= 11 is 5.17. The van der Waals surface area contributed by atoms with E-state index in [1.54, 1.807) is 24.3 Å². The zero-order valence-electron chi connectivity index (χ0n) is 14.9. The van der Waals surface area contributed by atoms with Crippen LogP contribution < -0.4 is 16.0 Å². The first kappa shape index (κ1) is 19.6. The number of carbonyl (C=O) groups excluding carboxylic acids is 2. The van der Waals surface area contributed by atoms with Gasteiger partial charge in [-0.05, 0) is 48.5 Å². The highest BCUT2D eigenvalue weighted by Gasteiger charge is 2.08. The molecule has 0 saturated carbocycles. The van der Waals surface area contributed by atoms with Crippen LogP contribution in [0.25, 0.3) is 0 Å². The first-order chi connectivity index (χ1) is 12.4. The highest BCUT2D eigenvalue weighted by atomic mass is 32.1. The Balaban J connectivity index is 1.78. The summed E-state index contributed by atoms with van der Waals surface area (Å²) in [6, 6.07) is 17.0. The number of rotatable bonds is 6. The Hall–Kier alpha value is -2.73. The molecule has 2 aromatic carbocycles. The van der Waals surface area contributed by atoms with E-state index in [4.69, 9.17) is 12.2 Å². The van der Waals surface area contributed by atoms with Gasteiger partial charge >= 0.3 is 0 Å². The fourth-order valence-corrected chi connectivity index (χ4v) is 2.41. The Morgan fingerprint density at radius 3 is 2.08 bits per heavy atom. The number of benzene rings is 2. The minimum Gasteiger partial charge on any atom is -0.332 e. The molecule has 2 amide bonds. The molecule has 0 atom stereocenters. The Morgan fingerprint density at radius 1 is 0.923 bits per heavy atom. The zero-order valence-corrected chi connectivity index (χ0v) is 15.7. The summed E-state index contributed by atoms with van der Waals surface area (Å²) in [6.45, 7) is 3.67. The number of hydrogen-bond acceptors (Lipinski definition) is 3. The maximum atomic E-state index is 12.0. The SMILES string of the molecule is CC(C)C(=O)Nc1ccc(NC(=S)NC(=O)CCc2ccccc2)cc1. The third-order valence-corrected chi connectivity index (χ3v) is 3.88. The average molecular weight is 369 g/mol. The van der Waals surface area contributed by atoms with Crippen LogP contribution in [0.4, 0.5) is 11.4 Å². The standard InChI is InChI=1S/C20H23N3O2S/c1-14(2)19(25)21-16-9-11-17(12-10-16)22-20(26)23-18(24)13-8-15-6-4-3-5-7-15/h3-7,9-12,14H,8,13H2,1-2H3,(H,21,25)(H2,22,23,24,26). The molecule has 0 radical (unpaired) electrons. The van der Waals surface area contributed by atoms with Crippen molar-refractivity contribution in [1.29, 1.82) is 0 Å². The summed E-state index contributed by atoms with van der Waals surface area (Å²) < 4.78 is 0. The van der Waals surface area contributed by atoms with Gasteiger partial charge in [0, 0.05) is 23.7 Å². The van der Waals surface area contributed by atoms with Crippen molar-refractivity contribution >= 4 is 40.5 Å². The summed E-state index contributed by atoms with van der Waals surface area (Å²) in [6.07, 6.45) is 1.03. The van der Waals surface area contributed by atoms with Crippen molar-refractivity contribution in [1.82, 2.24) is 5.32 Å². The Morgan fingerprint density at radius 2 is 1.50 bits per heavy atom. The predicted octanol–water partition coefficient (Wildman–Crippen LogP) is 3.73. The molecule has 5 nitrogen and oxygen atoms in total. The lowest BCUT2D eigenvalue weighted by atomic mass is 10.1. The van der Waals surface area contributed by atoms with E-state index < -0.39 is 0 Å². The van der Waals surface area contributed by atoms with Crippen LogP contribution in [-0.4, -0.2) is 16.9 Å². The molecular formula is C20H23N3O2S. The number of thiocarbonyl (C=S) groups is 1. The predicted molar refractivity (Wildman–Crippen MR) is 109 cm³/mol. The number of carbonyl (C=O) groups is 2. The molecule has 0 fully saturated rings. The highest BCUT2D eigenvalue weighted by Crippen LogP contribution is 2.14. The van der Waals surface area contributed by atoms with E-state index >= 15 is 0 Å². The second-order valence-corrected chi connectivity index (χ2v) is 6.62. The fraction of sp³-hybridized carbons (Fsp3) is 0.250. The molecule has 0 aliphatic rings. The van der Waals surface area contributed by atoms with Gasteiger partial charge in [0.25, 0.3) is 0 Å². The lowest BCUT2D eigenvalue weighted by molar-refractivity contribution is -0.120. The molecule has 0 aliphatic heterocycles. The van der Waals surface area contributed by atoms with Gasteiger partial charge in [-0.1, -0.05) is 44.2 Å². The second kappa shape index (κ2) is 9.68. The lowest BCUT2D eigenvalue weighted by Crippen LogP contribution is -2.34. The van der Waals surface area contributed by atoms with Gasteiger partial charge in [-0.2, -0.15) is 0 Å². The van der Waals surface area contributed by atoms with Gasteiger partial charge in [-0.15, -0.1) is 0 Å². The molecule has 2 aromatic rings. The minimum atomic E-state index is -0.132. The van der Waals surface area contributed by atoms with Crippen LogP contribution >= 0.6 is 12.2 Å². The topological polar surface area (TPSA) is 70.2 Å². The Kier molecular flexibility index (Phi) is 7.29. The van der Waals surface area contributed by atoms with Crippen molar-refractivity contribution in [3.63, 3.8) is 0 Å². The van der Waals surface area contributed by atoms with Gasteiger partial charge in [0.1, 0.15) is 0 Å². The van der Waals surface area contributed by atoms with Gasteiger partial charge in [-0.25, -0.2) is 0 Å². The van der Waals surface area contributed by atoms with E-state index in [0.717, 1.165) is 11.3 Å². The third kappa shape index (κ3) is 6.64.